The third-order valence-electron chi connectivity index (χ3n) is 8.95. The molecule has 0 unspecified atom stereocenters. The van der Waals surface area contributed by atoms with Gasteiger partial charge in [-0.15, -0.1) is 0 Å². The van der Waals surface area contributed by atoms with E-state index in [0.717, 1.165) is 55.0 Å². The average molecular weight is 618 g/mol. The van der Waals surface area contributed by atoms with Crippen molar-refractivity contribution < 1.29 is 9.90 Å². The van der Waals surface area contributed by atoms with Gasteiger partial charge in [0.25, 0.3) is 0 Å². The van der Waals surface area contributed by atoms with Crippen LogP contribution in [0, 0.1) is 0 Å². The number of benzene rings is 8. The Bertz CT molecular complexity index is 2750. The third-order valence-corrected chi connectivity index (χ3v) is 8.95. The lowest BCUT2D eigenvalue weighted by molar-refractivity contribution is 0.673. The fraction of sp³-hybridized carbons (Fsp3) is 0. The van der Waals surface area contributed by atoms with Crippen molar-refractivity contribution in [3.63, 3.8) is 0 Å². The van der Waals surface area contributed by atoms with Crippen LogP contribution < -0.4 is 4.90 Å². The van der Waals surface area contributed by atoms with Gasteiger partial charge in [-0.1, -0.05) is 146 Å². The van der Waals surface area contributed by atoms with Crippen molar-refractivity contribution in [2.24, 2.45) is 0 Å². The summed E-state index contributed by atoms with van der Waals surface area (Å²) < 4.78 is 43.9. The van der Waals surface area contributed by atoms with E-state index in [-0.39, 0.29) is 35.4 Å². The molecule has 1 heterocycles. The molecule has 9 rings (SSSR count). The van der Waals surface area contributed by atoms with Crippen molar-refractivity contribution in [3.05, 3.63) is 188 Å². The minimum Gasteiger partial charge on any atom is -0.455 e. The summed E-state index contributed by atoms with van der Waals surface area (Å²) >= 11 is 0. The van der Waals surface area contributed by atoms with E-state index >= 15 is 0 Å². The van der Waals surface area contributed by atoms with Crippen molar-refractivity contribution in [2.75, 3.05) is 4.90 Å². The van der Waals surface area contributed by atoms with E-state index in [1.54, 1.807) is 0 Å². The van der Waals surface area contributed by atoms with Crippen molar-refractivity contribution >= 4 is 49.8 Å². The molecular formula is C46H31NO. The van der Waals surface area contributed by atoms with Crippen LogP contribution in [0.15, 0.2) is 192 Å². The van der Waals surface area contributed by atoms with Gasteiger partial charge in [0.2, 0.25) is 0 Å². The van der Waals surface area contributed by atoms with E-state index in [0.29, 0.717) is 16.9 Å². The summed E-state index contributed by atoms with van der Waals surface area (Å²) in [7, 11) is 0. The van der Waals surface area contributed by atoms with Crippen LogP contribution in [0.4, 0.5) is 17.1 Å². The lowest BCUT2D eigenvalue weighted by atomic mass is 9.94. The van der Waals surface area contributed by atoms with Gasteiger partial charge in [-0.3, -0.25) is 0 Å². The van der Waals surface area contributed by atoms with Gasteiger partial charge in [0, 0.05) is 33.1 Å². The minimum atomic E-state index is -0.126. The molecule has 226 valence electrons. The quantitative estimate of drug-likeness (QED) is 0.185. The highest BCUT2D eigenvalue weighted by Gasteiger charge is 2.20. The summed E-state index contributed by atoms with van der Waals surface area (Å²) in [4.78, 5) is 1.87. The van der Waals surface area contributed by atoms with Crippen LogP contribution in [0.3, 0.4) is 0 Å². The molecule has 8 aromatic carbocycles. The smallest absolute Gasteiger partial charge is 0.143 e. The molecule has 1 aromatic heterocycles. The Morgan fingerprint density at radius 2 is 1.04 bits per heavy atom. The second kappa shape index (κ2) is 11.8. The molecule has 0 saturated carbocycles. The largest absolute Gasteiger partial charge is 0.455 e. The van der Waals surface area contributed by atoms with Crippen LogP contribution in [0.5, 0.6) is 0 Å². The second-order valence-electron chi connectivity index (χ2n) is 11.8. The zero-order valence-corrected chi connectivity index (χ0v) is 25.9. The number of para-hydroxylation sites is 2. The first-order valence-electron chi connectivity index (χ1n) is 18.0. The van der Waals surface area contributed by atoms with Gasteiger partial charge >= 0.3 is 0 Å². The number of hydrogen-bond donors (Lipinski definition) is 0. The number of furan rings is 1. The molecule has 0 aliphatic carbocycles. The van der Waals surface area contributed by atoms with Crippen molar-refractivity contribution in [1.82, 2.24) is 0 Å². The summed E-state index contributed by atoms with van der Waals surface area (Å²) in [5.41, 5.74) is 7.99. The fourth-order valence-corrected chi connectivity index (χ4v) is 6.66. The zero-order chi connectivity index (χ0) is 35.3. The highest BCUT2D eigenvalue weighted by Crippen LogP contribution is 2.45. The van der Waals surface area contributed by atoms with Crippen LogP contribution in [0.1, 0.15) is 5.48 Å². The Balaban J connectivity index is 1.32. The van der Waals surface area contributed by atoms with E-state index in [1.807, 2.05) is 126 Å². The van der Waals surface area contributed by atoms with E-state index in [9.17, 15) is 5.48 Å². The van der Waals surface area contributed by atoms with Crippen LogP contribution in [0.2, 0.25) is 0 Å². The summed E-state index contributed by atoms with van der Waals surface area (Å²) in [5.74, 6) is 0. The first-order chi connectivity index (χ1) is 25.5. The van der Waals surface area contributed by atoms with Crippen molar-refractivity contribution in [1.29, 1.82) is 0 Å². The van der Waals surface area contributed by atoms with Gasteiger partial charge < -0.3 is 9.32 Å². The van der Waals surface area contributed by atoms with E-state index in [4.69, 9.17) is 4.42 Å². The van der Waals surface area contributed by atoms with Crippen LogP contribution in [0.25, 0.3) is 66.1 Å². The maximum atomic E-state index is 9.46. The molecule has 0 radical (unpaired) electrons. The highest BCUT2D eigenvalue weighted by molar-refractivity contribution is 6.19. The molecule has 0 aliphatic rings. The van der Waals surface area contributed by atoms with E-state index < -0.39 is 0 Å². The SMILES string of the molecule is [2H]c1c([2H])c(N(c2ccc(-c3ccccc3)cc2)c2ccccc2-c2cccc3ccc4c5ccccc5oc4c23)c([2H])c([2H])c1-c1ccccc1. The lowest BCUT2D eigenvalue weighted by Gasteiger charge is -2.28. The number of hydrogen-bond acceptors (Lipinski definition) is 2. The summed E-state index contributed by atoms with van der Waals surface area (Å²) in [5, 5.41) is 4.05. The van der Waals surface area contributed by atoms with Gasteiger partial charge in [-0.05, 0) is 75.6 Å². The molecule has 48 heavy (non-hydrogen) atoms. The van der Waals surface area contributed by atoms with Crippen molar-refractivity contribution in [2.45, 2.75) is 0 Å². The monoisotopic (exact) mass is 617 g/mol. The summed E-state index contributed by atoms with van der Waals surface area (Å²) in [6.45, 7) is 0. The Morgan fingerprint density at radius 1 is 0.417 bits per heavy atom. The standard InChI is InChI=1S/C46H31NO/c1-3-12-32(13-4-1)34-22-27-37(28-23-34)47(38-29-24-35(25-30-38)33-14-5-2-6-15-33)43-20-9-7-17-39(43)41-19-11-16-36-26-31-42-40-18-8-10-21-44(40)48-46(42)45(36)41/h1-31H/i22D,23D,27D,28D. The van der Waals surface area contributed by atoms with Crippen LogP contribution >= 0.6 is 0 Å². The Labute approximate surface area is 285 Å². The average Bonchev–Trinajstić information content (AvgIpc) is 3.59. The van der Waals surface area contributed by atoms with Crippen LogP contribution in [-0.2, 0) is 0 Å². The number of nitrogens with zero attached hydrogens (tertiary/aromatic N) is 1. The molecule has 0 N–H and O–H groups in total. The maximum Gasteiger partial charge on any atom is 0.143 e. The third kappa shape index (κ3) is 4.83. The molecule has 2 nitrogen and oxygen atoms in total. The summed E-state index contributed by atoms with van der Waals surface area (Å²) in [6, 6.07) is 53.4. The second-order valence-corrected chi connectivity index (χ2v) is 11.8. The predicted molar refractivity (Wildman–Crippen MR) is 202 cm³/mol. The molecule has 0 spiro atoms. The van der Waals surface area contributed by atoms with Crippen LogP contribution in [-0.4, -0.2) is 0 Å². The molecule has 0 aliphatic heterocycles. The Kier molecular flexibility index (Phi) is 5.85. The van der Waals surface area contributed by atoms with Gasteiger partial charge in [-0.25, -0.2) is 0 Å². The highest BCUT2D eigenvalue weighted by atomic mass is 16.3. The predicted octanol–water partition coefficient (Wildman–Crippen LogP) is 13.2. The molecule has 0 fully saturated rings. The summed E-state index contributed by atoms with van der Waals surface area (Å²) in [6.07, 6.45) is 0. The topological polar surface area (TPSA) is 16.4 Å². The van der Waals surface area contributed by atoms with Gasteiger partial charge in [0.05, 0.1) is 11.2 Å². The number of rotatable bonds is 6. The zero-order valence-electron chi connectivity index (χ0n) is 29.9. The Morgan fingerprint density at radius 3 is 1.81 bits per heavy atom. The van der Waals surface area contributed by atoms with Gasteiger partial charge in [-0.2, -0.15) is 0 Å². The van der Waals surface area contributed by atoms with Gasteiger partial charge in [0.15, 0.2) is 0 Å². The molecule has 0 bridgehead atoms. The number of fused-ring (bicyclic) bond motifs is 5. The van der Waals surface area contributed by atoms with Crippen molar-refractivity contribution in [3.8, 4) is 33.4 Å². The molecule has 9 aromatic rings. The fourth-order valence-electron chi connectivity index (χ4n) is 6.66. The molecule has 0 saturated heterocycles. The Hall–Kier alpha value is -6.38. The first kappa shape index (κ1) is 23.9. The van der Waals surface area contributed by atoms with E-state index in [1.165, 1.54) is 0 Å². The lowest BCUT2D eigenvalue weighted by Crippen LogP contribution is -2.11. The maximum absolute atomic E-state index is 9.46. The molecule has 2 heteroatoms. The molecular weight excluding hydrogens is 583 g/mol. The first-order valence-corrected chi connectivity index (χ1v) is 16.0. The number of anilines is 3. The normalized spacial score (nSPS) is 12.5. The van der Waals surface area contributed by atoms with Gasteiger partial charge in [0.1, 0.15) is 11.2 Å². The minimum absolute atomic E-state index is 0.0975. The molecule has 0 atom stereocenters. The molecule has 0 amide bonds. The van der Waals surface area contributed by atoms with E-state index in [2.05, 4.69) is 42.5 Å².